The summed E-state index contributed by atoms with van der Waals surface area (Å²) < 4.78 is 0. The molecule has 0 radical (unpaired) electrons. The zero-order valence-electron chi connectivity index (χ0n) is 8.03. The van der Waals surface area contributed by atoms with E-state index in [4.69, 9.17) is 5.73 Å². The normalized spacial score (nSPS) is 9.21. The van der Waals surface area contributed by atoms with Crippen LogP contribution in [-0.2, 0) is 11.2 Å². The SMILES string of the molecule is Cc1cn[nH]cccc(CC(N)=O)c1. The predicted molar refractivity (Wildman–Crippen MR) is 53.9 cm³/mol. The Labute approximate surface area is 82.5 Å². The van der Waals surface area contributed by atoms with Crippen molar-refractivity contribution in [2.24, 2.45) is 5.73 Å². The highest BCUT2D eigenvalue weighted by Gasteiger charge is 1.95. The number of amides is 1. The van der Waals surface area contributed by atoms with E-state index in [1.807, 2.05) is 19.1 Å². The lowest BCUT2D eigenvalue weighted by Gasteiger charge is -1.93. The summed E-state index contributed by atoms with van der Waals surface area (Å²) in [5.74, 6) is -0.335. The van der Waals surface area contributed by atoms with E-state index in [1.54, 1.807) is 18.5 Å². The first-order valence-electron chi connectivity index (χ1n) is 4.29. The van der Waals surface area contributed by atoms with E-state index >= 15 is 0 Å². The van der Waals surface area contributed by atoms with Crippen LogP contribution < -0.4 is 5.73 Å². The molecule has 1 aromatic rings. The number of nitrogens with two attached hydrogens (primary N) is 1. The molecule has 4 nitrogen and oxygen atoms in total. The Morgan fingerprint density at radius 3 is 3.14 bits per heavy atom. The molecule has 74 valence electrons. The molecule has 0 fully saturated rings. The second kappa shape index (κ2) is 5.01. The maximum atomic E-state index is 10.7. The molecule has 1 aromatic heterocycles. The highest BCUT2D eigenvalue weighted by Crippen LogP contribution is 1.99. The zero-order chi connectivity index (χ0) is 10.4. The Kier molecular flexibility index (Phi) is 3.67. The van der Waals surface area contributed by atoms with E-state index in [0.717, 1.165) is 11.1 Å². The summed E-state index contributed by atoms with van der Waals surface area (Å²) in [6, 6.07) is 5.49. The van der Waals surface area contributed by atoms with Crippen molar-refractivity contribution in [1.29, 1.82) is 0 Å². The van der Waals surface area contributed by atoms with Gasteiger partial charge in [0.2, 0.25) is 5.91 Å². The fourth-order valence-electron chi connectivity index (χ4n) is 1.09. The van der Waals surface area contributed by atoms with Crippen LogP contribution in [0, 0.1) is 6.92 Å². The third-order valence-corrected chi connectivity index (χ3v) is 1.62. The minimum atomic E-state index is -0.335. The number of carbonyl (C=O) groups is 1. The van der Waals surface area contributed by atoms with Crippen LogP contribution in [-0.4, -0.2) is 16.1 Å². The Morgan fingerprint density at radius 2 is 2.43 bits per heavy atom. The van der Waals surface area contributed by atoms with Gasteiger partial charge in [-0.3, -0.25) is 9.89 Å². The van der Waals surface area contributed by atoms with Crippen molar-refractivity contribution in [3.8, 4) is 0 Å². The second-order valence-electron chi connectivity index (χ2n) is 3.02. The molecule has 1 heterocycles. The van der Waals surface area contributed by atoms with Gasteiger partial charge in [-0.1, -0.05) is 12.1 Å². The zero-order valence-corrected chi connectivity index (χ0v) is 8.03. The lowest BCUT2D eigenvalue weighted by molar-refractivity contribution is -0.117. The summed E-state index contributed by atoms with van der Waals surface area (Å²) >= 11 is 0. The van der Waals surface area contributed by atoms with E-state index in [1.165, 1.54) is 0 Å². The number of hydrogen-bond donors (Lipinski definition) is 2. The molecule has 0 bridgehead atoms. The highest BCUT2D eigenvalue weighted by atomic mass is 16.1. The molecule has 0 atom stereocenters. The molecular formula is C10H13N3O. The number of nitrogens with one attached hydrogen (secondary N) is 1. The first kappa shape index (κ1) is 10.2. The van der Waals surface area contributed by atoms with Gasteiger partial charge in [-0.2, -0.15) is 5.10 Å². The molecule has 1 rings (SSSR count). The lowest BCUT2D eigenvalue weighted by atomic mass is 10.1. The molecule has 4 heteroatoms. The van der Waals surface area contributed by atoms with Crippen molar-refractivity contribution in [2.75, 3.05) is 0 Å². The van der Waals surface area contributed by atoms with Crippen LogP contribution >= 0.6 is 0 Å². The van der Waals surface area contributed by atoms with Crippen LogP contribution in [0.3, 0.4) is 0 Å². The Bertz CT molecular complexity index is 369. The average molecular weight is 191 g/mol. The van der Waals surface area contributed by atoms with Gasteiger partial charge in [0.15, 0.2) is 0 Å². The van der Waals surface area contributed by atoms with Gasteiger partial charge in [-0.15, -0.1) is 0 Å². The third kappa shape index (κ3) is 3.71. The van der Waals surface area contributed by atoms with Crippen molar-refractivity contribution in [2.45, 2.75) is 13.3 Å². The maximum absolute atomic E-state index is 10.7. The largest absolute Gasteiger partial charge is 0.369 e. The van der Waals surface area contributed by atoms with Gasteiger partial charge in [0.05, 0.1) is 12.6 Å². The number of H-pyrrole nitrogens is 1. The molecule has 0 aromatic carbocycles. The molecule has 14 heavy (non-hydrogen) atoms. The summed E-state index contributed by atoms with van der Waals surface area (Å²) in [7, 11) is 0. The van der Waals surface area contributed by atoms with E-state index in [0.29, 0.717) is 0 Å². The van der Waals surface area contributed by atoms with E-state index in [-0.39, 0.29) is 12.3 Å². The molecular weight excluding hydrogens is 178 g/mol. The van der Waals surface area contributed by atoms with Crippen molar-refractivity contribution in [3.63, 3.8) is 0 Å². The summed E-state index contributed by atoms with van der Waals surface area (Å²) in [5, 5.41) is 6.62. The number of primary amides is 1. The molecule has 0 unspecified atom stereocenters. The Morgan fingerprint density at radius 1 is 1.64 bits per heavy atom. The third-order valence-electron chi connectivity index (χ3n) is 1.62. The number of rotatable bonds is 2. The van der Waals surface area contributed by atoms with Crippen LogP contribution in [0.15, 0.2) is 30.6 Å². The smallest absolute Gasteiger partial charge is 0.221 e. The van der Waals surface area contributed by atoms with Crippen LogP contribution in [0.25, 0.3) is 0 Å². The fourth-order valence-corrected chi connectivity index (χ4v) is 1.09. The quantitative estimate of drug-likeness (QED) is 0.728. The minimum absolute atomic E-state index is 0.246. The van der Waals surface area contributed by atoms with Crippen molar-refractivity contribution >= 4 is 5.91 Å². The Balaban J connectivity index is 3.12. The Hall–Kier alpha value is -1.84. The number of aromatic amines is 1. The van der Waals surface area contributed by atoms with Crippen LogP contribution in [0.2, 0.25) is 0 Å². The van der Waals surface area contributed by atoms with Gasteiger partial charge in [0.25, 0.3) is 0 Å². The van der Waals surface area contributed by atoms with E-state index < -0.39 is 0 Å². The molecule has 0 aliphatic heterocycles. The second-order valence-corrected chi connectivity index (χ2v) is 3.02. The van der Waals surface area contributed by atoms with E-state index in [2.05, 4.69) is 10.2 Å². The number of hydrogen-bond acceptors (Lipinski definition) is 2. The molecule has 0 aliphatic carbocycles. The first-order valence-corrected chi connectivity index (χ1v) is 4.29. The van der Waals surface area contributed by atoms with Gasteiger partial charge in [0, 0.05) is 6.20 Å². The molecule has 3 N–H and O–H groups in total. The molecule has 0 saturated carbocycles. The van der Waals surface area contributed by atoms with Gasteiger partial charge in [-0.05, 0) is 24.1 Å². The molecule has 0 spiro atoms. The van der Waals surface area contributed by atoms with Gasteiger partial charge in [0.1, 0.15) is 0 Å². The van der Waals surface area contributed by atoms with Crippen LogP contribution in [0.4, 0.5) is 0 Å². The molecule has 0 aliphatic rings. The topological polar surface area (TPSA) is 71.8 Å². The van der Waals surface area contributed by atoms with Gasteiger partial charge in [-0.25, -0.2) is 0 Å². The fraction of sp³-hybridized carbons (Fsp3) is 0.200. The van der Waals surface area contributed by atoms with Crippen molar-refractivity contribution < 1.29 is 4.79 Å². The highest BCUT2D eigenvalue weighted by molar-refractivity contribution is 5.76. The van der Waals surface area contributed by atoms with Crippen molar-refractivity contribution in [3.05, 3.63) is 41.7 Å². The summed E-state index contributed by atoms with van der Waals surface area (Å²) in [5.41, 5.74) is 6.96. The number of aromatic nitrogens is 2. The van der Waals surface area contributed by atoms with E-state index in [9.17, 15) is 4.79 Å². The van der Waals surface area contributed by atoms with Crippen molar-refractivity contribution in [1.82, 2.24) is 10.2 Å². The monoisotopic (exact) mass is 191 g/mol. The van der Waals surface area contributed by atoms with Gasteiger partial charge < -0.3 is 5.73 Å². The first-order chi connectivity index (χ1) is 6.68. The summed E-state index contributed by atoms with van der Waals surface area (Å²) in [6.07, 6.45) is 3.62. The molecule has 0 saturated heterocycles. The number of aryl methyl sites for hydroxylation is 1. The lowest BCUT2D eigenvalue weighted by Crippen LogP contribution is -2.13. The number of nitrogens with zero attached hydrogens (tertiary/aromatic N) is 1. The summed E-state index contributed by atoms with van der Waals surface area (Å²) in [4.78, 5) is 10.7. The van der Waals surface area contributed by atoms with Gasteiger partial charge >= 0.3 is 0 Å². The predicted octanol–water partition coefficient (Wildman–Crippen LogP) is 0.870. The van der Waals surface area contributed by atoms with Crippen LogP contribution in [0.1, 0.15) is 11.1 Å². The minimum Gasteiger partial charge on any atom is -0.369 e. The molecule has 1 amide bonds. The summed E-state index contributed by atoms with van der Waals surface area (Å²) in [6.45, 7) is 1.91. The standard InChI is InChI=1S/C10H13N3O/c1-8-5-9(6-10(11)14)3-2-4-12-13-7-8/h2-5,7,12H,6H2,1H3,(H2,11,14). The maximum Gasteiger partial charge on any atom is 0.221 e. The number of carbonyl (C=O) groups excluding carboxylic acids is 1. The van der Waals surface area contributed by atoms with Crippen LogP contribution in [0.5, 0.6) is 0 Å². The average Bonchev–Trinajstić information content (AvgIpc) is 2.16.